The fraction of sp³-hybridized carbons (Fsp3) is 0.745. The second kappa shape index (κ2) is 30.8. The summed E-state index contributed by atoms with van der Waals surface area (Å²) in [5.41, 5.74) is 0. The Hall–Kier alpha value is -6.85. The molecule has 81 heavy (non-hydrogen) atoms. The first-order valence-corrected chi connectivity index (χ1v) is 24.6. The lowest BCUT2D eigenvalue weighted by atomic mass is 9.87. The fourth-order valence-electron chi connectivity index (χ4n) is 8.54. The third-order valence-corrected chi connectivity index (χ3v) is 11.4. The van der Waals surface area contributed by atoms with Crippen LogP contribution in [0.1, 0.15) is 82.1 Å². The lowest BCUT2D eigenvalue weighted by molar-refractivity contribution is -0.361. The molecule has 0 radical (unpaired) electrons. The van der Waals surface area contributed by atoms with Crippen molar-refractivity contribution < 1.29 is 147 Å². The molecule has 4 N–H and O–H groups in total. The van der Waals surface area contributed by atoms with Gasteiger partial charge in [0.2, 0.25) is 11.8 Å². The van der Waals surface area contributed by atoms with Crippen molar-refractivity contribution in [2.45, 2.75) is 186 Å². The van der Waals surface area contributed by atoms with Crippen LogP contribution in [0.5, 0.6) is 0 Å². The van der Waals surface area contributed by atoms with Crippen molar-refractivity contribution in [3.63, 3.8) is 0 Å². The summed E-state index contributed by atoms with van der Waals surface area (Å²) in [4.78, 5) is 152. The van der Waals surface area contributed by atoms with Gasteiger partial charge in [0.1, 0.15) is 55.9 Å². The number of aliphatic hydroxyl groups is 1. The summed E-state index contributed by atoms with van der Waals surface area (Å²) in [5, 5.41) is 18.6. The molecule has 3 amide bonds. The molecule has 16 atom stereocenters. The molecule has 0 aromatic rings. The first-order valence-electron chi connectivity index (χ1n) is 24.6. The highest BCUT2D eigenvalue weighted by Crippen LogP contribution is 2.39. The van der Waals surface area contributed by atoms with Crippen LogP contribution in [0.3, 0.4) is 0 Å². The molecule has 458 valence electrons. The molecule has 0 bridgehead atoms. The van der Waals surface area contributed by atoms with E-state index in [1.54, 1.807) is 5.32 Å². The minimum absolute atomic E-state index is 0.300. The lowest BCUT2D eigenvalue weighted by Crippen LogP contribution is -2.70. The number of carbonyl (C=O) groups is 12. The zero-order valence-corrected chi connectivity index (χ0v) is 45.7. The first kappa shape index (κ1) is 68.4. The van der Waals surface area contributed by atoms with Gasteiger partial charge in [-0.1, -0.05) is 0 Å². The van der Waals surface area contributed by atoms with Crippen molar-refractivity contribution in [1.29, 1.82) is 0 Å². The molecule has 0 aromatic heterocycles. The van der Waals surface area contributed by atoms with Gasteiger partial charge in [0.15, 0.2) is 43.1 Å². The van der Waals surface area contributed by atoms with Crippen molar-refractivity contribution in [3.05, 3.63) is 0 Å². The Morgan fingerprint density at radius 3 is 1.69 bits per heavy atom. The van der Waals surface area contributed by atoms with E-state index in [4.69, 9.17) is 71.1 Å². The topological polar surface area (TPSA) is 400 Å². The average molecular weight is 1180 g/mol. The zero-order chi connectivity index (χ0) is 61.3. The van der Waals surface area contributed by atoms with Gasteiger partial charge in [0.05, 0.1) is 32.8 Å². The predicted octanol–water partition coefficient (Wildman–Crippen LogP) is -2.33. The summed E-state index contributed by atoms with van der Waals surface area (Å²) in [7, 11) is 0.842. The molecule has 31 nitrogen and oxygen atoms in total. The molecule has 0 aromatic carbocycles. The van der Waals surface area contributed by atoms with Crippen LogP contribution in [-0.4, -0.2) is 220 Å². The second-order valence-corrected chi connectivity index (χ2v) is 18.1. The number of ether oxygens (including phenoxy) is 15. The fourth-order valence-corrected chi connectivity index (χ4v) is 8.54. The molecule has 3 heterocycles. The number of aliphatic hydroxyl groups excluding tert-OH is 1. The number of nitrogens with one attached hydrogen (secondary N) is 3. The van der Waals surface area contributed by atoms with Gasteiger partial charge in [-0.05, 0) is 6.42 Å². The molecule has 0 unspecified atom stereocenters. The third-order valence-electron chi connectivity index (χ3n) is 11.4. The zero-order valence-electron chi connectivity index (χ0n) is 45.7. The number of methoxy groups -OCH3 is 1. The van der Waals surface area contributed by atoms with E-state index in [1.165, 1.54) is 0 Å². The molecule has 3 aliphatic rings. The normalized spacial score (nSPS) is 28.9. The lowest BCUT2D eigenvalue weighted by Gasteiger charge is -2.50. The largest absolute Gasteiger partial charge is 0.471 e. The van der Waals surface area contributed by atoms with E-state index >= 15 is 0 Å². The van der Waals surface area contributed by atoms with Crippen LogP contribution >= 0.6 is 0 Å². The van der Waals surface area contributed by atoms with Crippen LogP contribution in [0.15, 0.2) is 0 Å². The summed E-state index contributed by atoms with van der Waals surface area (Å²) in [6, 6.07) is -3.30. The number of amides is 3. The van der Waals surface area contributed by atoms with Gasteiger partial charge in [-0.3, -0.25) is 52.7 Å². The van der Waals surface area contributed by atoms with Crippen LogP contribution in [0.2, 0.25) is 0 Å². The van der Waals surface area contributed by atoms with Crippen molar-refractivity contribution in [2.24, 2.45) is 0 Å². The van der Waals surface area contributed by atoms with Gasteiger partial charge < -0.3 is 92.1 Å². The molecule has 3 aliphatic heterocycles. The van der Waals surface area contributed by atoms with E-state index in [2.05, 4.69) is 10.6 Å². The highest BCUT2D eigenvalue weighted by atomic mass is 19.4. The van der Waals surface area contributed by atoms with Crippen molar-refractivity contribution >= 4 is 71.4 Å². The number of carbonyl (C=O) groups excluding carboxylic acids is 12. The monoisotopic (exact) mass is 1180 g/mol. The molecule has 3 saturated heterocycles. The number of rotatable bonds is 25. The minimum atomic E-state index is -5.21. The van der Waals surface area contributed by atoms with E-state index < -0.39 is 215 Å². The van der Waals surface area contributed by atoms with Gasteiger partial charge in [0, 0.05) is 75.8 Å². The number of hydrogen-bond acceptors (Lipinski definition) is 28. The second-order valence-electron chi connectivity index (χ2n) is 18.1. The maximum Gasteiger partial charge on any atom is 0.471 e. The van der Waals surface area contributed by atoms with E-state index in [0.29, 0.717) is 0 Å². The first-order chi connectivity index (χ1) is 37.7. The predicted molar refractivity (Wildman–Crippen MR) is 250 cm³/mol. The summed E-state index contributed by atoms with van der Waals surface area (Å²) in [5.74, 6) is -16.7. The summed E-state index contributed by atoms with van der Waals surface area (Å²) in [6.45, 7) is 5.54. The van der Waals surface area contributed by atoms with E-state index in [9.17, 15) is 75.8 Å². The van der Waals surface area contributed by atoms with Crippen LogP contribution < -0.4 is 16.0 Å². The molecule has 0 saturated carbocycles. The number of alkyl halides is 3. The molecular formula is C47H66F3N3O28. The van der Waals surface area contributed by atoms with Gasteiger partial charge in [0.25, 0.3) is 5.79 Å². The summed E-state index contributed by atoms with van der Waals surface area (Å²) >= 11 is 0. The quantitative estimate of drug-likeness (QED) is 0.0423. The van der Waals surface area contributed by atoms with Gasteiger partial charge in [-0.25, -0.2) is 4.79 Å². The average Bonchev–Trinajstić information content (AvgIpc) is 3.34. The third kappa shape index (κ3) is 20.9. The molecule has 0 spiro atoms. The standard InChI is InChI=1S/C47H66F3N3O28/c1-19(54)52-33-29(72-23(5)58)15-46(45(66)67-11,81-39(33)37(74-25(7)60)31(73-24(6)59)16-69-21(3)56)71-18-30-35(64)40(76-27(9)62)41(77-28(10)63)43(78-30)80-36-32(17-70-22(4)57)79-42(34(53-20(2)55)38(36)75-26(8)61)68-14-12-13-51-44(65)47(48,49)50/h29-43,64H,12-18H2,1-11H3,(H,51,65)(H,52,54)(H,53,55)/t29-,30+,31+,32+,33+,34+,35-,36+,37+,38+,39+,40-,41+,42+,43-,46+/m0/s1. The maximum absolute atomic E-state index is 14.2. The molecule has 3 fully saturated rings. The Bertz CT molecular complexity index is 2290. The highest BCUT2D eigenvalue weighted by Gasteiger charge is 2.61. The molecule has 3 rings (SSSR count). The van der Waals surface area contributed by atoms with Crippen LogP contribution in [-0.2, 0) is 129 Å². The Kier molecular flexibility index (Phi) is 26.0. The Morgan fingerprint density at radius 2 is 1.17 bits per heavy atom. The van der Waals surface area contributed by atoms with Gasteiger partial charge >= 0.3 is 65.8 Å². The van der Waals surface area contributed by atoms with Gasteiger partial charge in [-0.15, -0.1) is 0 Å². The van der Waals surface area contributed by atoms with Crippen LogP contribution in [0.25, 0.3) is 0 Å². The summed E-state index contributed by atoms with van der Waals surface area (Å²) in [6.07, 6.45) is -31.6. The van der Waals surface area contributed by atoms with Crippen molar-refractivity contribution in [2.75, 3.05) is 40.1 Å². The Morgan fingerprint density at radius 1 is 0.630 bits per heavy atom. The molecule has 34 heteroatoms. The van der Waals surface area contributed by atoms with E-state index in [1.807, 2.05) is 0 Å². The summed E-state index contributed by atoms with van der Waals surface area (Å²) < 4.78 is 124. The smallest absolute Gasteiger partial charge is 0.465 e. The Labute approximate surface area is 459 Å². The minimum Gasteiger partial charge on any atom is -0.465 e. The maximum atomic E-state index is 14.2. The van der Waals surface area contributed by atoms with E-state index in [-0.39, 0.29) is 6.42 Å². The van der Waals surface area contributed by atoms with Crippen LogP contribution in [0.4, 0.5) is 13.2 Å². The van der Waals surface area contributed by atoms with Crippen molar-refractivity contribution in [1.82, 2.24) is 16.0 Å². The van der Waals surface area contributed by atoms with Crippen LogP contribution in [0, 0.1) is 0 Å². The molecular weight excluding hydrogens is 1110 g/mol. The van der Waals surface area contributed by atoms with Crippen molar-refractivity contribution in [3.8, 4) is 0 Å². The highest BCUT2D eigenvalue weighted by molar-refractivity contribution is 5.81. The van der Waals surface area contributed by atoms with E-state index in [0.717, 1.165) is 76.3 Å². The number of esters is 9. The molecule has 0 aliphatic carbocycles. The number of halogens is 3. The Balaban J connectivity index is 2.27. The SMILES string of the molecule is COC(=O)[C@@]1(OC[C@H]2O[C@@H](O[C@H]3[C@H](OC(C)=O)[C@@H](NC(C)=O)[C@H](OCCCNC(=O)C(F)(F)F)O[C@@H]3COC(C)=O)[C@H](OC(C)=O)[C@@H](OC(C)=O)[C@H]2O)C[C@H](OC(C)=O)[C@@H](NC(C)=O)[C@H]([C@H](OC(C)=O)[C@@H](COC(C)=O)OC(C)=O)O1. The van der Waals surface area contributed by atoms with Gasteiger partial charge in [-0.2, -0.15) is 13.2 Å². The number of hydrogen-bond donors (Lipinski definition) is 4.